The van der Waals surface area contributed by atoms with Crippen molar-refractivity contribution in [1.82, 2.24) is 15.1 Å². The number of rotatable bonds is 8. The maximum absolute atomic E-state index is 12.1. The third-order valence-corrected chi connectivity index (χ3v) is 5.45. The van der Waals surface area contributed by atoms with Crippen molar-refractivity contribution in [2.45, 2.75) is 39.2 Å². The van der Waals surface area contributed by atoms with Crippen molar-refractivity contribution in [2.24, 2.45) is 5.92 Å². The lowest BCUT2D eigenvalue weighted by Crippen LogP contribution is -2.52. The molecule has 0 aliphatic carbocycles. The summed E-state index contributed by atoms with van der Waals surface area (Å²) in [5.41, 5.74) is 0. The summed E-state index contributed by atoms with van der Waals surface area (Å²) in [6, 6.07) is 4.61. The number of likely N-dealkylation sites (N-methyl/N-ethyl adjacent to an activating group) is 1. The van der Waals surface area contributed by atoms with Crippen molar-refractivity contribution in [3.63, 3.8) is 0 Å². The molecule has 0 aromatic carbocycles. The highest BCUT2D eigenvalue weighted by Gasteiger charge is 2.23. The van der Waals surface area contributed by atoms with Crippen LogP contribution in [0.1, 0.15) is 31.6 Å². The van der Waals surface area contributed by atoms with Gasteiger partial charge >= 0.3 is 0 Å². The lowest BCUT2D eigenvalue weighted by molar-refractivity contribution is -0.121. The maximum atomic E-state index is 12.1. The molecule has 1 aromatic rings. The van der Waals surface area contributed by atoms with E-state index in [2.05, 4.69) is 47.5 Å². The molecule has 4 nitrogen and oxygen atoms in total. The van der Waals surface area contributed by atoms with Gasteiger partial charge in [-0.1, -0.05) is 19.9 Å². The van der Waals surface area contributed by atoms with Gasteiger partial charge in [0.2, 0.25) is 5.91 Å². The second-order valence-electron chi connectivity index (χ2n) is 7.01. The second-order valence-corrected chi connectivity index (χ2v) is 8.04. The number of nitrogens with one attached hydrogen (secondary N) is 1. The normalized spacial score (nSPS) is 18.3. The first-order valence-corrected chi connectivity index (χ1v) is 9.64. The third kappa shape index (κ3) is 6.61. The number of nitrogens with zero attached hydrogens (tertiary/aromatic N) is 2. The summed E-state index contributed by atoms with van der Waals surface area (Å²) < 4.78 is 0. The smallest absolute Gasteiger partial charge is 0.220 e. The topological polar surface area (TPSA) is 35.6 Å². The third-order valence-electron chi connectivity index (χ3n) is 4.51. The number of amides is 1. The molecule has 0 saturated carbocycles. The minimum atomic E-state index is 0.182. The van der Waals surface area contributed by atoms with Gasteiger partial charge in [0, 0.05) is 50.1 Å². The lowest BCUT2D eigenvalue weighted by Gasteiger charge is -2.38. The van der Waals surface area contributed by atoms with Crippen LogP contribution in [0.15, 0.2) is 17.5 Å². The molecule has 1 aliphatic rings. The van der Waals surface area contributed by atoms with Crippen LogP contribution in [0.4, 0.5) is 0 Å². The summed E-state index contributed by atoms with van der Waals surface area (Å²) in [6.07, 6.45) is 2.60. The van der Waals surface area contributed by atoms with E-state index in [4.69, 9.17) is 0 Å². The molecule has 2 rings (SSSR count). The zero-order chi connectivity index (χ0) is 16.7. The first-order chi connectivity index (χ1) is 11.0. The summed E-state index contributed by atoms with van der Waals surface area (Å²) in [6.45, 7) is 9.79. The standard InChI is InChI=1S/C18H31N3OS/c1-15(2)13-16(21-10-8-20(3)9-11-21)14-19-18(22)7-6-17-5-4-12-23-17/h4-5,12,15-16H,6-11,13-14H2,1-3H3,(H,19,22). The molecule has 1 unspecified atom stereocenters. The Balaban J connectivity index is 1.76. The van der Waals surface area contributed by atoms with E-state index in [-0.39, 0.29) is 5.91 Å². The molecule has 2 heterocycles. The highest BCUT2D eigenvalue weighted by atomic mass is 32.1. The van der Waals surface area contributed by atoms with Crippen LogP contribution in [0.5, 0.6) is 0 Å². The van der Waals surface area contributed by atoms with E-state index in [9.17, 15) is 4.79 Å². The summed E-state index contributed by atoms with van der Waals surface area (Å²) >= 11 is 1.73. The highest BCUT2D eigenvalue weighted by Crippen LogP contribution is 2.14. The Morgan fingerprint density at radius 3 is 2.65 bits per heavy atom. The number of hydrogen-bond donors (Lipinski definition) is 1. The Morgan fingerprint density at radius 2 is 2.04 bits per heavy atom. The molecule has 1 fully saturated rings. The second kappa shape index (κ2) is 9.40. The van der Waals surface area contributed by atoms with Gasteiger partial charge in [-0.2, -0.15) is 0 Å². The van der Waals surface area contributed by atoms with Crippen molar-refractivity contribution in [3.05, 3.63) is 22.4 Å². The summed E-state index contributed by atoms with van der Waals surface area (Å²) in [7, 11) is 2.18. The van der Waals surface area contributed by atoms with E-state index in [1.165, 1.54) is 4.88 Å². The van der Waals surface area contributed by atoms with Gasteiger partial charge < -0.3 is 10.2 Å². The molecule has 1 aromatic heterocycles. The molecule has 0 spiro atoms. The molecule has 0 bridgehead atoms. The van der Waals surface area contributed by atoms with E-state index in [0.29, 0.717) is 18.4 Å². The van der Waals surface area contributed by atoms with E-state index < -0.39 is 0 Å². The van der Waals surface area contributed by atoms with Crippen molar-refractivity contribution in [2.75, 3.05) is 39.8 Å². The quantitative estimate of drug-likeness (QED) is 0.791. The predicted octanol–water partition coefficient (Wildman–Crippen LogP) is 2.46. The number of carbonyl (C=O) groups is 1. The van der Waals surface area contributed by atoms with Crippen LogP contribution >= 0.6 is 11.3 Å². The number of thiophene rings is 1. The minimum Gasteiger partial charge on any atom is -0.355 e. The van der Waals surface area contributed by atoms with Crippen LogP contribution in [0.2, 0.25) is 0 Å². The summed E-state index contributed by atoms with van der Waals surface area (Å²) in [4.78, 5) is 18.4. The number of aryl methyl sites for hydroxylation is 1. The SMILES string of the molecule is CC(C)CC(CNC(=O)CCc1cccs1)N1CCN(C)CC1. The Bertz CT molecular complexity index is 453. The molecule has 1 amide bonds. The molecule has 23 heavy (non-hydrogen) atoms. The Kier molecular flexibility index (Phi) is 7.53. The van der Waals surface area contributed by atoms with E-state index in [0.717, 1.165) is 45.6 Å². The van der Waals surface area contributed by atoms with Gasteiger partial charge in [-0.05, 0) is 37.3 Å². The molecular formula is C18H31N3OS. The van der Waals surface area contributed by atoms with Crippen LogP contribution in [0.3, 0.4) is 0 Å². The molecule has 130 valence electrons. The van der Waals surface area contributed by atoms with Crippen LogP contribution in [-0.2, 0) is 11.2 Å². The highest BCUT2D eigenvalue weighted by molar-refractivity contribution is 7.09. The first-order valence-electron chi connectivity index (χ1n) is 8.76. The van der Waals surface area contributed by atoms with Crippen molar-refractivity contribution in [1.29, 1.82) is 0 Å². The van der Waals surface area contributed by atoms with E-state index >= 15 is 0 Å². The van der Waals surface area contributed by atoms with Crippen LogP contribution in [0.25, 0.3) is 0 Å². The fraction of sp³-hybridized carbons (Fsp3) is 0.722. The zero-order valence-corrected chi connectivity index (χ0v) is 15.6. The van der Waals surface area contributed by atoms with Gasteiger partial charge in [-0.25, -0.2) is 0 Å². The number of hydrogen-bond acceptors (Lipinski definition) is 4. The molecule has 5 heteroatoms. The molecule has 1 N–H and O–H groups in total. The predicted molar refractivity (Wildman–Crippen MR) is 98.0 cm³/mol. The molecule has 0 radical (unpaired) electrons. The lowest BCUT2D eigenvalue weighted by atomic mass is 10.0. The van der Waals surface area contributed by atoms with Crippen LogP contribution in [0, 0.1) is 5.92 Å². The van der Waals surface area contributed by atoms with Gasteiger partial charge in [0.25, 0.3) is 0 Å². The van der Waals surface area contributed by atoms with Gasteiger partial charge in [0.1, 0.15) is 0 Å². The Labute approximate surface area is 144 Å². The fourth-order valence-electron chi connectivity index (χ4n) is 3.10. The first kappa shape index (κ1) is 18.4. The molecule has 1 saturated heterocycles. The number of piperazine rings is 1. The number of carbonyl (C=O) groups excluding carboxylic acids is 1. The Morgan fingerprint density at radius 1 is 1.30 bits per heavy atom. The monoisotopic (exact) mass is 337 g/mol. The Hall–Kier alpha value is -0.910. The maximum Gasteiger partial charge on any atom is 0.220 e. The molecular weight excluding hydrogens is 306 g/mol. The average Bonchev–Trinajstić information content (AvgIpc) is 3.03. The van der Waals surface area contributed by atoms with Crippen molar-refractivity contribution >= 4 is 17.2 Å². The van der Waals surface area contributed by atoms with E-state index in [1.807, 2.05) is 6.07 Å². The van der Waals surface area contributed by atoms with E-state index in [1.54, 1.807) is 11.3 Å². The average molecular weight is 338 g/mol. The largest absolute Gasteiger partial charge is 0.355 e. The summed E-state index contributed by atoms with van der Waals surface area (Å²) in [5.74, 6) is 0.837. The van der Waals surface area contributed by atoms with Gasteiger partial charge in [0.05, 0.1) is 0 Å². The minimum absolute atomic E-state index is 0.182. The van der Waals surface area contributed by atoms with Crippen LogP contribution < -0.4 is 5.32 Å². The fourth-order valence-corrected chi connectivity index (χ4v) is 3.81. The molecule has 1 aliphatic heterocycles. The van der Waals surface area contributed by atoms with Gasteiger partial charge in [0.15, 0.2) is 0 Å². The van der Waals surface area contributed by atoms with Gasteiger partial charge in [-0.3, -0.25) is 9.69 Å². The molecule has 1 atom stereocenters. The van der Waals surface area contributed by atoms with Crippen LogP contribution in [-0.4, -0.2) is 61.5 Å². The summed E-state index contributed by atoms with van der Waals surface area (Å²) in [5, 5.41) is 5.24. The zero-order valence-electron chi connectivity index (χ0n) is 14.8. The van der Waals surface area contributed by atoms with Crippen molar-refractivity contribution < 1.29 is 4.79 Å². The van der Waals surface area contributed by atoms with Gasteiger partial charge in [-0.15, -0.1) is 11.3 Å². The van der Waals surface area contributed by atoms with Crippen molar-refractivity contribution in [3.8, 4) is 0 Å².